The van der Waals surface area contributed by atoms with Crippen LogP contribution in [0.25, 0.3) is 11.1 Å². The SMILES string of the molecule is CC(=O)O[C@@H]1COc2cc(N[C@@H]3COc4c(-c5c(C)cc(OCCN6CCCCCC6)cc5C)cccc43)ccc21. The van der Waals surface area contributed by atoms with E-state index in [4.69, 9.17) is 18.9 Å². The minimum absolute atomic E-state index is 0.0101. The molecule has 0 unspecified atom stereocenters. The third-order valence-corrected chi connectivity index (χ3v) is 8.37. The second-order valence-corrected chi connectivity index (χ2v) is 11.4. The lowest BCUT2D eigenvalue weighted by molar-refractivity contribution is -0.147. The molecule has 0 radical (unpaired) electrons. The largest absolute Gasteiger partial charge is 0.492 e. The summed E-state index contributed by atoms with van der Waals surface area (Å²) in [7, 11) is 0. The lowest BCUT2D eigenvalue weighted by Crippen LogP contribution is -2.29. The maximum absolute atomic E-state index is 11.4. The molecule has 1 fully saturated rings. The average Bonchev–Trinajstić information content (AvgIpc) is 3.43. The van der Waals surface area contributed by atoms with Crippen molar-refractivity contribution in [3.8, 4) is 28.4 Å². The summed E-state index contributed by atoms with van der Waals surface area (Å²) >= 11 is 0. The predicted molar refractivity (Wildman–Crippen MR) is 160 cm³/mol. The molecule has 2 atom stereocenters. The fraction of sp³-hybridized carbons (Fsp3) is 0.441. The number of likely N-dealkylation sites (tertiary alicyclic amines) is 1. The van der Waals surface area contributed by atoms with E-state index in [2.05, 4.69) is 54.4 Å². The second kappa shape index (κ2) is 12.0. The molecule has 1 saturated heterocycles. The van der Waals surface area contributed by atoms with Crippen molar-refractivity contribution in [3.63, 3.8) is 0 Å². The van der Waals surface area contributed by atoms with Crippen molar-refractivity contribution >= 4 is 11.7 Å². The van der Waals surface area contributed by atoms with E-state index >= 15 is 0 Å². The molecule has 0 aliphatic carbocycles. The fourth-order valence-corrected chi connectivity index (χ4v) is 6.42. The summed E-state index contributed by atoms with van der Waals surface area (Å²) in [5.74, 6) is 2.30. The molecule has 0 saturated carbocycles. The van der Waals surface area contributed by atoms with Crippen LogP contribution in [0.1, 0.15) is 67.0 Å². The van der Waals surface area contributed by atoms with Gasteiger partial charge in [-0.05, 0) is 80.7 Å². The lowest BCUT2D eigenvalue weighted by atomic mass is 9.92. The van der Waals surface area contributed by atoms with Crippen LogP contribution in [-0.2, 0) is 9.53 Å². The maximum atomic E-state index is 11.4. The number of benzene rings is 3. The van der Waals surface area contributed by atoms with Crippen molar-refractivity contribution < 1.29 is 23.7 Å². The molecule has 6 rings (SSSR count). The Kier molecular flexibility index (Phi) is 8.06. The van der Waals surface area contributed by atoms with E-state index in [9.17, 15) is 4.79 Å². The van der Waals surface area contributed by atoms with Crippen LogP contribution < -0.4 is 19.5 Å². The van der Waals surface area contributed by atoms with Crippen molar-refractivity contribution in [1.82, 2.24) is 4.90 Å². The molecular formula is C34H40N2O5. The molecular weight excluding hydrogens is 516 g/mol. The highest BCUT2D eigenvalue weighted by atomic mass is 16.6. The monoisotopic (exact) mass is 556 g/mol. The minimum atomic E-state index is -0.350. The highest BCUT2D eigenvalue weighted by molar-refractivity contribution is 5.79. The van der Waals surface area contributed by atoms with Crippen LogP contribution in [0, 0.1) is 13.8 Å². The Morgan fingerprint density at radius 1 is 0.951 bits per heavy atom. The van der Waals surface area contributed by atoms with Gasteiger partial charge in [-0.1, -0.05) is 31.0 Å². The summed E-state index contributed by atoms with van der Waals surface area (Å²) in [5, 5.41) is 3.62. The Balaban J connectivity index is 1.15. The number of para-hydroxylation sites is 1. The fourth-order valence-electron chi connectivity index (χ4n) is 6.42. The number of hydrogen-bond acceptors (Lipinski definition) is 7. The first kappa shape index (κ1) is 27.5. The predicted octanol–water partition coefficient (Wildman–Crippen LogP) is 6.77. The third kappa shape index (κ3) is 6.01. The first-order valence-electron chi connectivity index (χ1n) is 14.9. The first-order valence-corrected chi connectivity index (χ1v) is 14.9. The molecule has 0 spiro atoms. The van der Waals surface area contributed by atoms with Gasteiger partial charge in [-0.25, -0.2) is 0 Å². The normalized spacial score (nSPS) is 19.9. The molecule has 3 aliphatic heterocycles. The lowest BCUT2D eigenvalue weighted by Gasteiger charge is -2.20. The van der Waals surface area contributed by atoms with Crippen LogP contribution in [0.5, 0.6) is 17.2 Å². The van der Waals surface area contributed by atoms with Gasteiger partial charge in [-0.3, -0.25) is 9.69 Å². The Labute approximate surface area is 242 Å². The summed E-state index contributed by atoms with van der Waals surface area (Å²) in [6.45, 7) is 10.7. The Morgan fingerprint density at radius 3 is 2.49 bits per heavy atom. The molecule has 3 aromatic carbocycles. The Bertz CT molecular complexity index is 1390. The number of esters is 1. The van der Waals surface area contributed by atoms with Crippen molar-refractivity contribution in [2.24, 2.45) is 0 Å². The van der Waals surface area contributed by atoms with Gasteiger partial charge in [0, 0.05) is 41.9 Å². The van der Waals surface area contributed by atoms with E-state index in [1.54, 1.807) is 0 Å². The second-order valence-electron chi connectivity index (χ2n) is 11.4. The zero-order chi connectivity index (χ0) is 28.3. The van der Waals surface area contributed by atoms with Gasteiger partial charge in [0.1, 0.15) is 37.1 Å². The smallest absolute Gasteiger partial charge is 0.303 e. The number of fused-ring (bicyclic) bond motifs is 2. The number of aryl methyl sites for hydroxylation is 2. The van der Waals surface area contributed by atoms with E-state index in [1.165, 1.54) is 62.4 Å². The topological polar surface area (TPSA) is 69.3 Å². The molecule has 3 aliphatic rings. The van der Waals surface area contributed by atoms with E-state index < -0.39 is 0 Å². The van der Waals surface area contributed by atoms with Crippen molar-refractivity contribution in [2.75, 3.05) is 44.8 Å². The van der Waals surface area contributed by atoms with E-state index in [0.29, 0.717) is 19.8 Å². The van der Waals surface area contributed by atoms with Gasteiger partial charge < -0.3 is 24.3 Å². The summed E-state index contributed by atoms with van der Waals surface area (Å²) in [5.41, 5.74) is 7.65. The van der Waals surface area contributed by atoms with Crippen LogP contribution in [0.2, 0.25) is 0 Å². The molecule has 7 nitrogen and oxygen atoms in total. The average molecular weight is 557 g/mol. The standard InChI is InChI=1S/C34H40N2O5/c1-22-17-26(38-16-15-36-13-6-4-5-7-14-36)18-23(2)33(22)29-10-8-9-27-30(20-40-34(27)29)35-25-11-12-28-31(19-25)39-21-32(28)41-24(3)37/h8-12,17-19,30,32,35H,4-7,13-16,20-21H2,1-3H3/t30-,32-/m1/s1. The molecule has 3 heterocycles. The van der Waals surface area contributed by atoms with Gasteiger partial charge in [-0.15, -0.1) is 0 Å². The molecule has 41 heavy (non-hydrogen) atoms. The summed E-state index contributed by atoms with van der Waals surface area (Å²) in [4.78, 5) is 13.9. The van der Waals surface area contributed by atoms with Crippen molar-refractivity contribution in [2.45, 2.75) is 58.6 Å². The molecule has 0 bridgehead atoms. The Morgan fingerprint density at radius 2 is 1.73 bits per heavy atom. The van der Waals surface area contributed by atoms with Crippen molar-refractivity contribution in [1.29, 1.82) is 0 Å². The zero-order valence-electron chi connectivity index (χ0n) is 24.3. The number of nitrogens with zero attached hydrogens (tertiary/aromatic N) is 1. The van der Waals surface area contributed by atoms with Crippen LogP contribution >= 0.6 is 0 Å². The first-order chi connectivity index (χ1) is 20.0. The van der Waals surface area contributed by atoms with Crippen LogP contribution in [0.3, 0.4) is 0 Å². The highest BCUT2D eigenvalue weighted by Crippen LogP contribution is 2.45. The molecule has 0 amide bonds. The number of rotatable bonds is 8. The van der Waals surface area contributed by atoms with Crippen LogP contribution in [-0.4, -0.2) is 50.3 Å². The number of anilines is 1. The van der Waals surface area contributed by atoms with E-state index in [1.807, 2.05) is 18.2 Å². The van der Waals surface area contributed by atoms with Crippen LogP contribution in [0.15, 0.2) is 48.5 Å². The molecule has 7 heteroatoms. The van der Waals surface area contributed by atoms with Crippen molar-refractivity contribution in [3.05, 3.63) is 70.8 Å². The summed E-state index contributed by atoms with van der Waals surface area (Å²) in [6.07, 6.45) is 4.95. The highest BCUT2D eigenvalue weighted by Gasteiger charge is 2.30. The molecule has 1 N–H and O–H groups in total. The number of hydrogen-bond donors (Lipinski definition) is 1. The number of nitrogens with one attached hydrogen (secondary N) is 1. The van der Waals surface area contributed by atoms with Gasteiger partial charge >= 0.3 is 5.97 Å². The zero-order valence-corrected chi connectivity index (χ0v) is 24.3. The minimum Gasteiger partial charge on any atom is -0.492 e. The number of carbonyl (C=O) groups is 1. The quantitative estimate of drug-likeness (QED) is 0.307. The molecule has 216 valence electrons. The van der Waals surface area contributed by atoms with Gasteiger partial charge in [0.05, 0.1) is 6.04 Å². The van der Waals surface area contributed by atoms with Crippen LogP contribution in [0.4, 0.5) is 5.69 Å². The van der Waals surface area contributed by atoms with E-state index in [-0.39, 0.29) is 18.1 Å². The van der Waals surface area contributed by atoms with Gasteiger partial charge in [0.25, 0.3) is 0 Å². The number of ether oxygens (including phenoxy) is 4. The number of carbonyl (C=O) groups excluding carboxylic acids is 1. The third-order valence-electron chi connectivity index (χ3n) is 8.37. The molecule has 3 aromatic rings. The summed E-state index contributed by atoms with van der Waals surface area (Å²) < 4.78 is 23.7. The van der Waals surface area contributed by atoms with Gasteiger partial charge in [-0.2, -0.15) is 0 Å². The van der Waals surface area contributed by atoms with Gasteiger partial charge in [0.15, 0.2) is 6.10 Å². The van der Waals surface area contributed by atoms with E-state index in [0.717, 1.165) is 46.2 Å². The van der Waals surface area contributed by atoms with Gasteiger partial charge in [0.2, 0.25) is 0 Å². The molecule has 0 aromatic heterocycles. The maximum Gasteiger partial charge on any atom is 0.303 e. The Hall–Kier alpha value is -3.71. The summed E-state index contributed by atoms with van der Waals surface area (Å²) in [6, 6.07) is 16.7.